The van der Waals surface area contributed by atoms with E-state index < -0.39 is 36.4 Å². The van der Waals surface area contributed by atoms with E-state index in [9.17, 15) is 9.59 Å². The van der Waals surface area contributed by atoms with Crippen molar-refractivity contribution >= 4 is 11.9 Å². The predicted octanol–water partition coefficient (Wildman–Crippen LogP) is 5.00. The summed E-state index contributed by atoms with van der Waals surface area (Å²) in [6, 6.07) is 21.1. The van der Waals surface area contributed by atoms with Crippen LogP contribution in [0.15, 0.2) is 72.8 Å². The van der Waals surface area contributed by atoms with Crippen LogP contribution in [0.25, 0.3) is 0 Å². The van der Waals surface area contributed by atoms with Crippen LogP contribution in [0.2, 0.25) is 0 Å². The fourth-order valence-electron chi connectivity index (χ4n) is 4.17. The standard InChI is InChI=1S/C30H34O9/c1-19(38-29(31)27(36-5)20-13-9-7-10-14-20)26(22-17-24(34-3)25(35-4)18-23(22)33-2)39-30(32)28(37-6)21-15-11-8-12-16-21/h7-19,26-28H,1-6H3/t19-,26+,27-,28-/m0/s1. The van der Waals surface area contributed by atoms with E-state index >= 15 is 0 Å². The largest absolute Gasteiger partial charge is 0.496 e. The number of hydrogen-bond acceptors (Lipinski definition) is 9. The number of hydrogen-bond donors (Lipinski definition) is 0. The third kappa shape index (κ3) is 7.07. The molecular formula is C30H34O9. The van der Waals surface area contributed by atoms with Crippen molar-refractivity contribution in [3.63, 3.8) is 0 Å². The smallest absolute Gasteiger partial charge is 0.340 e. The van der Waals surface area contributed by atoms with Crippen molar-refractivity contribution in [3.8, 4) is 17.2 Å². The molecule has 9 nitrogen and oxygen atoms in total. The Morgan fingerprint density at radius 3 is 1.46 bits per heavy atom. The van der Waals surface area contributed by atoms with Crippen LogP contribution in [0.1, 0.15) is 41.9 Å². The Kier molecular flexibility index (Phi) is 10.7. The molecule has 0 aliphatic carbocycles. The first-order chi connectivity index (χ1) is 18.9. The lowest BCUT2D eigenvalue weighted by Gasteiger charge is -2.29. The van der Waals surface area contributed by atoms with E-state index in [2.05, 4.69) is 0 Å². The zero-order valence-corrected chi connectivity index (χ0v) is 22.9. The Balaban J connectivity index is 2.00. The Morgan fingerprint density at radius 2 is 1.03 bits per heavy atom. The van der Waals surface area contributed by atoms with Crippen LogP contribution in [-0.4, -0.2) is 53.6 Å². The number of carbonyl (C=O) groups is 2. The molecule has 9 heteroatoms. The van der Waals surface area contributed by atoms with Gasteiger partial charge in [0.15, 0.2) is 29.8 Å². The monoisotopic (exact) mass is 538 g/mol. The van der Waals surface area contributed by atoms with E-state index in [1.54, 1.807) is 67.6 Å². The molecule has 0 unspecified atom stereocenters. The molecule has 0 bridgehead atoms. The summed E-state index contributed by atoms with van der Waals surface area (Å²) in [7, 11) is 7.28. The van der Waals surface area contributed by atoms with Gasteiger partial charge in [-0.1, -0.05) is 60.7 Å². The maximum Gasteiger partial charge on any atom is 0.340 e. The van der Waals surface area contributed by atoms with Gasteiger partial charge in [0.25, 0.3) is 0 Å². The first kappa shape index (κ1) is 29.5. The van der Waals surface area contributed by atoms with Gasteiger partial charge in [-0.15, -0.1) is 0 Å². The zero-order chi connectivity index (χ0) is 28.4. The van der Waals surface area contributed by atoms with Gasteiger partial charge in [0.2, 0.25) is 0 Å². The molecule has 0 heterocycles. The van der Waals surface area contributed by atoms with Crippen molar-refractivity contribution in [2.24, 2.45) is 0 Å². The highest BCUT2D eigenvalue weighted by atomic mass is 16.6. The Bertz CT molecular complexity index is 1210. The number of rotatable bonds is 13. The van der Waals surface area contributed by atoms with Gasteiger partial charge in [-0.25, -0.2) is 9.59 Å². The highest BCUT2D eigenvalue weighted by molar-refractivity contribution is 5.78. The third-order valence-electron chi connectivity index (χ3n) is 6.12. The van der Waals surface area contributed by atoms with Crippen LogP contribution >= 0.6 is 0 Å². The van der Waals surface area contributed by atoms with Gasteiger partial charge in [-0.3, -0.25) is 0 Å². The highest BCUT2D eigenvalue weighted by Gasteiger charge is 2.35. The number of ether oxygens (including phenoxy) is 7. The minimum absolute atomic E-state index is 0.341. The van der Waals surface area contributed by atoms with Gasteiger partial charge < -0.3 is 33.2 Å². The van der Waals surface area contributed by atoms with Gasteiger partial charge in [0.1, 0.15) is 11.9 Å². The van der Waals surface area contributed by atoms with Crippen LogP contribution in [0.3, 0.4) is 0 Å². The van der Waals surface area contributed by atoms with E-state index in [0.717, 1.165) is 0 Å². The topological polar surface area (TPSA) is 98.8 Å². The lowest BCUT2D eigenvalue weighted by Crippen LogP contribution is -2.31. The lowest BCUT2D eigenvalue weighted by molar-refractivity contribution is -0.180. The summed E-state index contributed by atoms with van der Waals surface area (Å²) in [6.45, 7) is 1.62. The molecule has 0 spiro atoms. The van der Waals surface area contributed by atoms with E-state index in [1.807, 2.05) is 12.1 Å². The third-order valence-corrected chi connectivity index (χ3v) is 6.12. The first-order valence-electron chi connectivity index (χ1n) is 12.2. The molecule has 0 saturated heterocycles. The Hall–Kier alpha value is -4.08. The molecule has 3 aromatic rings. The Labute approximate surface area is 228 Å². The molecule has 0 saturated carbocycles. The van der Waals surface area contributed by atoms with Crippen molar-refractivity contribution in [2.75, 3.05) is 35.5 Å². The fraction of sp³-hybridized carbons (Fsp3) is 0.333. The van der Waals surface area contributed by atoms with Crippen molar-refractivity contribution in [1.29, 1.82) is 0 Å². The predicted molar refractivity (Wildman–Crippen MR) is 143 cm³/mol. The molecule has 0 radical (unpaired) electrons. The minimum atomic E-state index is -1.11. The van der Waals surface area contributed by atoms with Gasteiger partial charge >= 0.3 is 11.9 Å². The molecule has 3 aromatic carbocycles. The second-order valence-corrected chi connectivity index (χ2v) is 8.50. The highest BCUT2D eigenvalue weighted by Crippen LogP contribution is 2.41. The van der Waals surface area contributed by atoms with Crippen molar-refractivity contribution in [2.45, 2.75) is 31.3 Å². The molecule has 0 amide bonds. The maximum atomic E-state index is 13.4. The summed E-state index contributed by atoms with van der Waals surface area (Å²) in [6.07, 6.45) is -4.07. The molecule has 0 fully saturated rings. The van der Waals surface area contributed by atoms with Gasteiger partial charge in [0, 0.05) is 25.8 Å². The molecule has 4 atom stereocenters. The maximum absolute atomic E-state index is 13.4. The summed E-state index contributed by atoms with van der Waals surface area (Å²) in [5.74, 6) is -0.204. The van der Waals surface area contributed by atoms with Gasteiger partial charge in [-0.2, -0.15) is 0 Å². The molecule has 39 heavy (non-hydrogen) atoms. The van der Waals surface area contributed by atoms with Crippen molar-refractivity contribution < 1.29 is 42.7 Å². The van der Waals surface area contributed by atoms with Gasteiger partial charge in [0.05, 0.1) is 21.3 Å². The second-order valence-electron chi connectivity index (χ2n) is 8.50. The zero-order valence-electron chi connectivity index (χ0n) is 22.9. The van der Waals surface area contributed by atoms with Crippen molar-refractivity contribution in [1.82, 2.24) is 0 Å². The molecule has 0 aromatic heterocycles. The average Bonchev–Trinajstić information content (AvgIpc) is 2.97. The average molecular weight is 539 g/mol. The van der Waals surface area contributed by atoms with E-state index in [4.69, 9.17) is 33.2 Å². The van der Waals surface area contributed by atoms with Crippen LogP contribution < -0.4 is 14.2 Å². The summed E-state index contributed by atoms with van der Waals surface area (Å²) in [4.78, 5) is 26.6. The SMILES string of the molecule is COc1cc(OC)c([C@H](OC(=O)[C@@H](OC)c2ccccc2)[C@H](C)OC(=O)[C@@H](OC)c2ccccc2)cc1OC. The minimum Gasteiger partial charge on any atom is -0.496 e. The summed E-state index contributed by atoms with van der Waals surface area (Å²) < 4.78 is 39.1. The first-order valence-corrected chi connectivity index (χ1v) is 12.2. The molecule has 0 N–H and O–H groups in total. The van der Waals surface area contributed by atoms with E-state index in [-0.39, 0.29) is 0 Å². The number of benzene rings is 3. The van der Waals surface area contributed by atoms with E-state index in [1.165, 1.54) is 35.5 Å². The van der Waals surface area contributed by atoms with Crippen molar-refractivity contribution in [3.05, 3.63) is 89.5 Å². The summed E-state index contributed by atoms with van der Waals surface area (Å²) >= 11 is 0. The van der Waals surface area contributed by atoms with E-state index in [0.29, 0.717) is 33.9 Å². The van der Waals surface area contributed by atoms with Crippen LogP contribution in [0, 0.1) is 0 Å². The van der Waals surface area contributed by atoms with Crippen LogP contribution in [-0.2, 0) is 28.5 Å². The van der Waals surface area contributed by atoms with Crippen LogP contribution in [0.5, 0.6) is 17.2 Å². The molecule has 3 rings (SSSR count). The summed E-state index contributed by atoms with van der Waals surface area (Å²) in [5.41, 5.74) is 1.63. The normalized spacial score (nSPS) is 13.9. The van der Waals surface area contributed by atoms with Crippen LogP contribution in [0.4, 0.5) is 0 Å². The lowest BCUT2D eigenvalue weighted by atomic mass is 10.0. The van der Waals surface area contributed by atoms with Gasteiger partial charge in [-0.05, 0) is 24.1 Å². The molecule has 208 valence electrons. The number of methoxy groups -OCH3 is 5. The molecular weight excluding hydrogens is 504 g/mol. The summed E-state index contributed by atoms with van der Waals surface area (Å²) in [5, 5.41) is 0. The quantitative estimate of drug-likeness (QED) is 0.278. The molecule has 0 aliphatic heterocycles. The Morgan fingerprint density at radius 1 is 0.590 bits per heavy atom. The number of esters is 2. The number of carbonyl (C=O) groups excluding carboxylic acids is 2. The molecule has 0 aliphatic rings. The fourth-order valence-corrected chi connectivity index (χ4v) is 4.17. The second kappa shape index (κ2) is 14.2.